The largest absolute Gasteiger partial charge is 0.0730 e. The van der Waals surface area contributed by atoms with Gasteiger partial charge in [-0.15, -0.1) is 0 Å². The quantitative estimate of drug-likeness (QED) is 0.641. The Morgan fingerprint density at radius 1 is 0.600 bits per heavy atom. The summed E-state index contributed by atoms with van der Waals surface area (Å²) in [4.78, 5) is 0. The first-order valence-corrected chi connectivity index (χ1v) is 7.26. The van der Waals surface area contributed by atoms with Gasteiger partial charge in [0.2, 0.25) is 0 Å². The molecule has 0 nitrogen and oxygen atoms in total. The zero-order valence-corrected chi connectivity index (χ0v) is 12.2. The molecule has 0 amide bonds. The van der Waals surface area contributed by atoms with Crippen molar-refractivity contribution in [3.8, 4) is 11.1 Å². The van der Waals surface area contributed by atoms with Crippen LogP contribution in [0.1, 0.15) is 30.9 Å². The number of benzene rings is 2. The van der Waals surface area contributed by atoms with E-state index in [9.17, 15) is 0 Å². The van der Waals surface area contributed by atoms with Crippen LogP contribution in [0.5, 0.6) is 0 Å². The van der Waals surface area contributed by atoms with Crippen LogP contribution in [-0.2, 0) is 0 Å². The summed E-state index contributed by atoms with van der Waals surface area (Å²) in [6.45, 7) is 4.33. The lowest BCUT2D eigenvalue weighted by molar-refractivity contribution is 0.977. The van der Waals surface area contributed by atoms with Gasteiger partial charge >= 0.3 is 0 Å². The molecule has 0 radical (unpaired) electrons. The van der Waals surface area contributed by atoms with E-state index in [4.69, 9.17) is 0 Å². The third-order valence-corrected chi connectivity index (χ3v) is 4.00. The van der Waals surface area contributed by atoms with E-state index >= 15 is 0 Å². The molecule has 0 saturated heterocycles. The van der Waals surface area contributed by atoms with Crippen LogP contribution in [0, 0.1) is 6.92 Å². The molecule has 0 saturated carbocycles. The first-order chi connectivity index (χ1) is 9.72. The van der Waals surface area contributed by atoms with Gasteiger partial charge in [0, 0.05) is 0 Å². The molecule has 0 aromatic heterocycles. The van der Waals surface area contributed by atoms with E-state index in [1.54, 1.807) is 0 Å². The van der Waals surface area contributed by atoms with Crippen LogP contribution >= 0.6 is 0 Å². The maximum atomic E-state index is 2.26. The lowest BCUT2D eigenvalue weighted by Crippen LogP contribution is -1.91. The van der Waals surface area contributed by atoms with E-state index in [0.29, 0.717) is 0 Å². The van der Waals surface area contributed by atoms with Crippen molar-refractivity contribution in [3.05, 3.63) is 77.4 Å². The number of rotatable bonds is 2. The molecule has 0 atom stereocenters. The van der Waals surface area contributed by atoms with Gasteiger partial charge in [-0.25, -0.2) is 0 Å². The Kier molecular flexibility index (Phi) is 3.56. The highest BCUT2D eigenvalue weighted by atomic mass is 14.1. The van der Waals surface area contributed by atoms with Gasteiger partial charge in [-0.2, -0.15) is 0 Å². The summed E-state index contributed by atoms with van der Waals surface area (Å²) >= 11 is 0. The number of hydrogen-bond acceptors (Lipinski definition) is 0. The Bertz CT molecular complexity index is 652. The molecular formula is C20H20. The Morgan fingerprint density at radius 2 is 1.15 bits per heavy atom. The smallest absolute Gasteiger partial charge is 0.0184 e. The molecular weight excluding hydrogens is 240 g/mol. The maximum absolute atomic E-state index is 2.26. The van der Waals surface area contributed by atoms with Crippen LogP contribution in [0.2, 0.25) is 0 Å². The second-order valence-electron chi connectivity index (χ2n) is 5.65. The van der Waals surface area contributed by atoms with Crippen LogP contribution in [0.3, 0.4) is 0 Å². The first kappa shape index (κ1) is 12.9. The van der Waals surface area contributed by atoms with Gasteiger partial charge in [-0.05, 0) is 49.0 Å². The van der Waals surface area contributed by atoms with Gasteiger partial charge in [0.25, 0.3) is 0 Å². The second-order valence-corrected chi connectivity index (χ2v) is 5.65. The highest BCUT2D eigenvalue weighted by Crippen LogP contribution is 2.28. The van der Waals surface area contributed by atoms with Crippen molar-refractivity contribution in [3.63, 3.8) is 0 Å². The van der Waals surface area contributed by atoms with Gasteiger partial charge in [0.1, 0.15) is 0 Å². The van der Waals surface area contributed by atoms with Crippen molar-refractivity contribution in [2.75, 3.05) is 0 Å². The highest BCUT2D eigenvalue weighted by Gasteiger charge is 2.06. The van der Waals surface area contributed by atoms with E-state index in [1.807, 2.05) is 0 Å². The highest BCUT2D eigenvalue weighted by molar-refractivity contribution is 5.72. The van der Waals surface area contributed by atoms with Crippen molar-refractivity contribution in [2.45, 2.75) is 26.7 Å². The fourth-order valence-corrected chi connectivity index (χ4v) is 2.60. The predicted molar refractivity (Wildman–Crippen MR) is 87.6 cm³/mol. The van der Waals surface area contributed by atoms with Gasteiger partial charge in [-0.1, -0.05) is 71.8 Å². The van der Waals surface area contributed by atoms with Crippen LogP contribution in [0.4, 0.5) is 0 Å². The summed E-state index contributed by atoms with van der Waals surface area (Å²) in [5, 5.41) is 0. The van der Waals surface area contributed by atoms with E-state index in [-0.39, 0.29) is 0 Å². The summed E-state index contributed by atoms with van der Waals surface area (Å²) in [5.41, 5.74) is 8.16. The minimum atomic E-state index is 1.16. The molecule has 0 bridgehead atoms. The molecule has 2 aromatic carbocycles. The Hall–Kier alpha value is -2.08. The standard InChI is InChI=1S/C20H20/c1-15-3-7-17(8-4-15)19-11-13-20(14-12-19)18-9-5-16(2)6-10-18/h3-5,7-9,11-14H,6,10H2,1-2H3. The molecule has 100 valence electrons. The monoisotopic (exact) mass is 260 g/mol. The van der Waals surface area contributed by atoms with E-state index in [1.165, 1.54) is 39.8 Å². The van der Waals surface area contributed by atoms with E-state index in [0.717, 1.165) is 6.42 Å². The second kappa shape index (κ2) is 5.50. The van der Waals surface area contributed by atoms with Crippen molar-refractivity contribution in [1.29, 1.82) is 0 Å². The number of hydrogen-bond donors (Lipinski definition) is 0. The molecule has 0 heterocycles. The summed E-state index contributed by atoms with van der Waals surface area (Å²) in [5.74, 6) is 0. The summed E-state index contributed by atoms with van der Waals surface area (Å²) in [7, 11) is 0. The molecule has 0 spiro atoms. The molecule has 20 heavy (non-hydrogen) atoms. The Morgan fingerprint density at radius 3 is 1.70 bits per heavy atom. The van der Waals surface area contributed by atoms with Gasteiger partial charge < -0.3 is 0 Å². The van der Waals surface area contributed by atoms with Crippen LogP contribution in [0.15, 0.2) is 66.3 Å². The molecule has 1 aliphatic rings. The Labute approximate surface area is 121 Å². The molecule has 0 heteroatoms. The molecule has 0 fully saturated rings. The van der Waals surface area contributed by atoms with Crippen LogP contribution in [0.25, 0.3) is 16.7 Å². The maximum Gasteiger partial charge on any atom is -0.0184 e. The third-order valence-electron chi connectivity index (χ3n) is 4.00. The summed E-state index contributed by atoms with van der Waals surface area (Å²) < 4.78 is 0. The van der Waals surface area contributed by atoms with E-state index < -0.39 is 0 Å². The predicted octanol–water partition coefficient (Wildman–Crippen LogP) is 5.79. The normalized spacial score (nSPS) is 14.7. The van der Waals surface area contributed by atoms with Crippen molar-refractivity contribution >= 4 is 5.57 Å². The Balaban J connectivity index is 1.86. The first-order valence-electron chi connectivity index (χ1n) is 7.26. The average molecular weight is 260 g/mol. The zero-order valence-electron chi connectivity index (χ0n) is 12.2. The van der Waals surface area contributed by atoms with Crippen LogP contribution in [-0.4, -0.2) is 0 Å². The molecule has 0 aliphatic heterocycles. The van der Waals surface area contributed by atoms with E-state index in [2.05, 4.69) is 74.5 Å². The lowest BCUT2D eigenvalue weighted by atomic mass is 9.93. The van der Waals surface area contributed by atoms with Crippen molar-refractivity contribution in [2.24, 2.45) is 0 Å². The van der Waals surface area contributed by atoms with Gasteiger partial charge in [0.05, 0.1) is 0 Å². The van der Waals surface area contributed by atoms with Gasteiger partial charge in [-0.3, -0.25) is 0 Å². The zero-order chi connectivity index (χ0) is 13.9. The van der Waals surface area contributed by atoms with Gasteiger partial charge in [0.15, 0.2) is 0 Å². The number of aryl methyl sites for hydroxylation is 1. The third kappa shape index (κ3) is 2.75. The van der Waals surface area contributed by atoms with Crippen LogP contribution < -0.4 is 0 Å². The molecule has 0 unspecified atom stereocenters. The minimum Gasteiger partial charge on any atom is -0.0730 e. The summed E-state index contributed by atoms with van der Waals surface area (Å²) in [6.07, 6.45) is 6.85. The number of allylic oxidation sites excluding steroid dienone is 4. The van der Waals surface area contributed by atoms with Crippen molar-refractivity contribution in [1.82, 2.24) is 0 Å². The topological polar surface area (TPSA) is 0 Å². The molecule has 1 aliphatic carbocycles. The molecule has 2 aromatic rings. The fraction of sp³-hybridized carbons (Fsp3) is 0.200. The minimum absolute atomic E-state index is 1.16. The average Bonchev–Trinajstić information content (AvgIpc) is 2.49. The molecule has 3 rings (SSSR count). The summed E-state index contributed by atoms with van der Waals surface area (Å²) in [6, 6.07) is 17.7. The SMILES string of the molecule is CC1=CC=C(c2ccc(-c3ccc(C)cc3)cc2)CC1. The van der Waals surface area contributed by atoms with Crippen molar-refractivity contribution < 1.29 is 0 Å². The molecule has 0 N–H and O–H groups in total. The fourth-order valence-electron chi connectivity index (χ4n) is 2.60. The lowest BCUT2D eigenvalue weighted by Gasteiger charge is -2.13.